The first-order valence-electron chi connectivity index (χ1n) is 6.23. The minimum absolute atomic E-state index is 0.0778. The summed E-state index contributed by atoms with van der Waals surface area (Å²) in [6.45, 7) is 5.48. The molecule has 0 aromatic carbocycles. The number of ether oxygens (including phenoxy) is 1. The van der Waals surface area contributed by atoms with Crippen molar-refractivity contribution < 1.29 is 14.3 Å². The molecule has 1 fully saturated rings. The Kier molecular flexibility index (Phi) is 5.25. The molecule has 0 spiro atoms. The lowest BCUT2D eigenvalue weighted by atomic mass is 9.99. The Bertz CT molecular complexity index is 275. The zero-order chi connectivity index (χ0) is 12.8. The van der Waals surface area contributed by atoms with Gasteiger partial charge in [-0.3, -0.25) is 0 Å². The van der Waals surface area contributed by atoms with Gasteiger partial charge in [0.15, 0.2) is 0 Å². The third kappa shape index (κ3) is 3.61. The molecule has 17 heavy (non-hydrogen) atoms. The molecule has 5 heteroatoms. The summed E-state index contributed by atoms with van der Waals surface area (Å²) >= 11 is 0. The largest absolute Gasteiger partial charge is 0.467 e. The van der Waals surface area contributed by atoms with Crippen molar-refractivity contribution in [1.29, 1.82) is 0 Å². The SMILES string of the molecule is CC[C@H](C)[C@@H](NC(=O)N1CCCC1)C(=O)OC. The monoisotopic (exact) mass is 242 g/mol. The van der Waals surface area contributed by atoms with Crippen molar-refractivity contribution in [3.05, 3.63) is 0 Å². The summed E-state index contributed by atoms with van der Waals surface area (Å²) in [5.41, 5.74) is 0. The van der Waals surface area contributed by atoms with E-state index in [-0.39, 0.29) is 17.9 Å². The number of methoxy groups -OCH3 is 1. The second-order valence-electron chi connectivity index (χ2n) is 4.53. The quantitative estimate of drug-likeness (QED) is 0.758. The summed E-state index contributed by atoms with van der Waals surface area (Å²) in [5.74, 6) is -0.291. The first-order valence-corrected chi connectivity index (χ1v) is 6.23. The Balaban J connectivity index is 2.58. The highest BCUT2D eigenvalue weighted by molar-refractivity contribution is 5.83. The smallest absolute Gasteiger partial charge is 0.328 e. The Labute approximate surface area is 102 Å². The van der Waals surface area contributed by atoms with Gasteiger partial charge in [-0.15, -0.1) is 0 Å². The highest BCUT2D eigenvalue weighted by Crippen LogP contribution is 2.12. The van der Waals surface area contributed by atoms with Gasteiger partial charge in [0, 0.05) is 13.1 Å². The van der Waals surface area contributed by atoms with Crippen LogP contribution in [0.25, 0.3) is 0 Å². The lowest BCUT2D eigenvalue weighted by Gasteiger charge is -2.25. The van der Waals surface area contributed by atoms with Crippen LogP contribution in [-0.2, 0) is 9.53 Å². The van der Waals surface area contributed by atoms with E-state index in [1.54, 1.807) is 4.90 Å². The molecule has 98 valence electrons. The molecule has 0 aromatic heterocycles. The Hall–Kier alpha value is -1.26. The Morgan fingerprint density at radius 1 is 1.35 bits per heavy atom. The first kappa shape index (κ1) is 13.8. The average molecular weight is 242 g/mol. The van der Waals surface area contributed by atoms with Gasteiger partial charge >= 0.3 is 12.0 Å². The number of rotatable bonds is 4. The fraction of sp³-hybridized carbons (Fsp3) is 0.833. The maximum absolute atomic E-state index is 11.9. The fourth-order valence-corrected chi connectivity index (χ4v) is 1.94. The molecule has 1 rings (SSSR count). The summed E-state index contributed by atoms with van der Waals surface area (Å²) in [6, 6.07) is -0.698. The van der Waals surface area contributed by atoms with E-state index >= 15 is 0 Å². The summed E-state index contributed by atoms with van der Waals surface area (Å²) in [7, 11) is 1.35. The molecule has 0 bridgehead atoms. The zero-order valence-electron chi connectivity index (χ0n) is 10.9. The van der Waals surface area contributed by atoms with Crippen LogP contribution in [0, 0.1) is 5.92 Å². The van der Waals surface area contributed by atoms with Crippen LogP contribution in [0.15, 0.2) is 0 Å². The molecule has 2 atom stereocenters. The van der Waals surface area contributed by atoms with Crippen molar-refractivity contribution in [1.82, 2.24) is 10.2 Å². The molecule has 1 aliphatic rings. The highest BCUT2D eigenvalue weighted by atomic mass is 16.5. The van der Waals surface area contributed by atoms with E-state index in [0.29, 0.717) is 0 Å². The van der Waals surface area contributed by atoms with Crippen LogP contribution < -0.4 is 5.32 Å². The molecule has 1 heterocycles. The van der Waals surface area contributed by atoms with Gasteiger partial charge in [-0.1, -0.05) is 20.3 Å². The molecule has 0 aliphatic carbocycles. The van der Waals surface area contributed by atoms with Crippen molar-refractivity contribution in [2.24, 2.45) is 5.92 Å². The van der Waals surface area contributed by atoms with Crippen molar-refractivity contribution in [3.8, 4) is 0 Å². The van der Waals surface area contributed by atoms with Crippen molar-refractivity contribution in [2.75, 3.05) is 20.2 Å². The molecule has 0 saturated carbocycles. The average Bonchev–Trinajstić information content (AvgIpc) is 2.87. The number of likely N-dealkylation sites (tertiary alicyclic amines) is 1. The van der Waals surface area contributed by atoms with Crippen LogP contribution in [0.1, 0.15) is 33.1 Å². The van der Waals surface area contributed by atoms with E-state index in [4.69, 9.17) is 4.74 Å². The van der Waals surface area contributed by atoms with E-state index in [9.17, 15) is 9.59 Å². The number of carbonyl (C=O) groups excluding carboxylic acids is 2. The molecule has 1 saturated heterocycles. The lowest BCUT2D eigenvalue weighted by molar-refractivity contribution is -0.144. The molecular formula is C12H22N2O3. The van der Waals surface area contributed by atoms with Gasteiger partial charge in [-0.25, -0.2) is 9.59 Å². The number of hydrogen-bond donors (Lipinski definition) is 1. The summed E-state index contributed by atoms with van der Waals surface area (Å²) < 4.78 is 4.73. The summed E-state index contributed by atoms with van der Waals surface area (Å²) in [5, 5.41) is 2.77. The maximum Gasteiger partial charge on any atom is 0.328 e. The van der Waals surface area contributed by atoms with Crippen LogP contribution in [0.5, 0.6) is 0 Å². The van der Waals surface area contributed by atoms with Crippen molar-refractivity contribution in [2.45, 2.75) is 39.2 Å². The lowest BCUT2D eigenvalue weighted by Crippen LogP contribution is -2.50. The molecule has 0 aromatic rings. The number of nitrogens with zero attached hydrogens (tertiary/aromatic N) is 1. The first-order chi connectivity index (χ1) is 8.10. The van der Waals surface area contributed by atoms with Crippen LogP contribution in [0.3, 0.4) is 0 Å². The van der Waals surface area contributed by atoms with E-state index in [1.165, 1.54) is 7.11 Å². The number of nitrogens with one attached hydrogen (secondary N) is 1. The second kappa shape index (κ2) is 6.47. The number of amides is 2. The fourth-order valence-electron chi connectivity index (χ4n) is 1.94. The summed E-state index contributed by atoms with van der Waals surface area (Å²) in [4.78, 5) is 25.3. The van der Waals surface area contributed by atoms with E-state index in [1.807, 2.05) is 13.8 Å². The minimum atomic E-state index is -0.543. The summed E-state index contributed by atoms with van der Waals surface area (Å²) in [6.07, 6.45) is 2.90. The molecular weight excluding hydrogens is 220 g/mol. The molecule has 0 radical (unpaired) electrons. The van der Waals surface area contributed by atoms with Crippen LogP contribution in [-0.4, -0.2) is 43.1 Å². The molecule has 1 aliphatic heterocycles. The zero-order valence-corrected chi connectivity index (χ0v) is 10.9. The van der Waals surface area contributed by atoms with Gasteiger partial charge in [0.05, 0.1) is 7.11 Å². The third-order valence-electron chi connectivity index (χ3n) is 3.34. The van der Waals surface area contributed by atoms with E-state index < -0.39 is 6.04 Å². The third-order valence-corrected chi connectivity index (χ3v) is 3.34. The Morgan fingerprint density at radius 2 is 1.94 bits per heavy atom. The number of carbonyl (C=O) groups is 2. The van der Waals surface area contributed by atoms with Crippen LogP contribution >= 0.6 is 0 Å². The number of hydrogen-bond acceptors (Lipinski definition) is 3. The van der Waals surface area contributed by atoms with Gasteiger partial charge in [-0.05, 0) is 18.8 Å². The predicted octanol–water partition coefficient (Wildman–Crippen LogP) is 1.38. The standard InChI is InChI=1S/C12H22N2O3/c1-4-9(2)10(11(15)17-3)13-12(16)14-7-5-6-8-14/h9-10H,4-8H2,1-3H3,(H,13,16)/t9-,10+/m0/s1. The molecule has 2 amide bonds. The van der Waals surface area contributed by atoms with E-state index in [0.717, 1.165) is 32.4 Å². The van der Waals surface area contributed by atoms with E-state index in [2.05, 4.69) is 5.32 Å². The predicted molar refractivity (Wildman–Crippen MR) is 64.6 cm³/mol. The maximum atomic E-state index is 11.9. The highest BCUT2D eigenvalue weighted by Gasteiger charge is 2.29. The van der Waals surface area contributed by atoms with Gasteiger partial charge in [0.25, 0.3) is 0 Å². The topological polar surface area (TPSA) is 58.6 Å². The molecule has 0 unspecified atom stereocenters. The molecule has 5 nitrogen and oxygen atoms in total. The Morgan fingerprint density at radius 3 is 2.41 bits per heavy atom. The normalized spacial score (nSPS) is 18.6. The van der Waals surface area contributed by atoms with Gasteiger partial charge in [0.2, 0.25) is 0 Å². The van der Waals surface area contributed by atoms with Crippen LogP contribution in [0.2, 0.25) is 0 Å². The van der Waals surface area contributed by atoms with Gasteiger partial charge in [-0.2, -0.15) is 0 Å². The van der Waals surface area contributed by atoms with Gasteiger partial charge < -0.3 is 15.0 Å². The van der Waals surface area contributed by atoms with Crippen LogP contribution in [0.4, 0.5) is 4.79 Å². The minimum Gasteiger partial charge on any atom is -0.467 e. The number of urea groups is 1. The molecule has 1 N–H and O–H groups in total. The number of esters is 1. The van der Waals surface area contributed by atoms with Gasteiger partial charge in [0.1, 0.15) is 6.04 Å². The second-order valence-corrected chi connectivity index (χ2v) is 4.53. The van der Waals surface area contributed by atoms with Crippen molar-refractivity contribution in [3.63, 3.8) is 0 Å². The van der Waals surface area contributed by atoms with Crippen molar-refractivity contribution >= 4 is 12.0 Å².